The third kappa shape index (κ3) is 4.32. The van der Waals surface area contributed by atoms with Gasteiger partial charge in [-0.15, -0.1) is 0 Å². The third-order valence-corrected chi connectivity index (χ3v) is 6.02. The van der Waals surface area contributed by atoms with E-state index >= 15 is 0 Å². The van der Waals surface area contributed by atoms with E-state index in [0.717, 1.165) is 11.1 Å². The lowest BCUT2D eigenvalue weighted by molar-refractivity contribution is -0.132. The number of esters is 1. The predicted octanol–water partition coefficient (Wildman–Crippen LogP) is 5.51. The Labute approximate surface area is 202 Å². The molecule has 0 bridgehead atoms. The van der Waals surface area contributed by atoms with Crippen molar-refractivity contribution < 1.29 is 24.2 Å². The predicted molar refractivity (Wildman–Crippen MR) is 130 cm³/mol. The van der Waals surface area contributed by atoms with E-state index in [1.807, 2.05) is 26.0 Å². The van der Waals surface area contributed by atoms with Gasteiger partial charge in [0.15, 0.2) is 0 Å². The van der Waals surface area contributed by atoms with Gasteiger partial charge in [-0.05, 0) is 79.1 Å². The van der Waals surface area contributed by atoms with Crippen molar-refractivity contribution in [2.75, 3.05) is 4.90 Å². The van der Waals surface area contributed by atoms with Gasteiger partial charge in [0.05, 0.1) is 11.6 Å². The summed E-state index contributed by atoms with van der Waals surface area (Å²) in [5.74, 6) is -2.12. The average molecular weight is 476 g/mol. The molecule has 34 heavy (non-hydrogen) atoms. The Morgan fingerprint density at radius 1 is 0.971 bits per heavy atom. The standard InChI is InChI=1S/C27H22ClNO5/c1-15-7-12-21(13-16(15)2)29-24(19-5-4-6-22(14-19)34-17(3)30)23(26(32)27(29)33)25(31)18-8-10-20(28)11-9-18/h4-14,24,31H,1-3H3/b25-23+. The summed E-state index contributed by atoms with van der Waals surface area (Å²) in [5.41, 5.74) is 3.29. The highest BCUT2D eigenvalue weighted by Gasteiger charge is 2.47. The number of amides is 1. The van der Waals surface area contributed by atoms with E-state index in [1.54, 1.807) is 54.6 Å². The molecule has 172 valence electrons. The van der Waals surface area contributed by atoms with Crippen LogP contribution in [0.25, 0.3) is 5.76 Å². The van der Waals surface area contributed by atoms with E-state index in [-0.39, 0.29) is 17.1 Å². The summed E-state index contributed by atoms with van der Waals surface area (Å²) in [6.07, 6.45) is 0. The second kappa shape index (κ2) is 9.15. The van der Waals surface area contributed by atoms with E-state index in [0.29, 0.717) is 21.8 Å². The molecule has 0 saturated carbocycles. The summed E-state index contributed by atoms with van der Waals surface area (Å²) < 4.78 is 5.22. The molecule has 1 amide bonds. The van der Waals surface area contributed by atoms with E-state index in [9.17, 15) is 19.5 Å². The number of aliphatic hydroxyl groups is 1. The molecule has 1 saturated heterocycles. The van der Waals surface area contributed by atoms with Gasteiger partial charge in [0.25, 0.3) is 11.7 Å². The van der Waals surface area contributed by atoms with Crippen LogP contribution in [0.2, 0.25) is 5.02 Å². The van der Waals surface area contributed by atoms with Crippen LogP contribution in [-0.4, -0.2) is 22.8 Å². The Bertz CT molecular complexity index is 1340. The van der Waals surface area contributed by atoms with Crippen LogP contribution in [0.5, 0.6) is 5.75 Å². The van der Waals surface area contributed by atoms with Crippen molar-refractivity contribution in [1.82, 2.24) is 0 Å². The summed E-state index contributed by atoms with van der Waals surface area (Å²) in [6.45, 7) is 5.15. The van der Waals surface area contributed by atoms with Gasteiger partial charge >= 0.3 is 5.97 Å². The molecule has 4 rings (SSSR count). The molecule has 0 radical (unpaired) electrons. The van der Waals surface area contributed by atoms with Gasteiger partial charge in [-0.25, -0.2) is 0 Å². The van der Waals surface area contributed by atoms with Crippen molar-refractivity contribution in [3.63, 3.8) is 0 Å². The largest absolute Gasteiger partial charge is 0.507 e. The number of halogens is 1. The number of Topliss-reactive ketones (excluding diaryl/α,β-unsaturated/α-hetero) is 1. The minimum Gasteiger partial charge on any atom is -0.507 e. The van der Waals surface area contributed by atoms with Crippen molar-refractivity contribution in [3.05, 3.63) is 99.6 Å². The number of hydrogen-bond donors (Lipinski definition) is 1. The molecule has 0 spiro atoms. The molecule has 1 N–H and O–H groups in total. The first-order chi connectivity index (χ1) is 16.2. The van der Waals surface area contributed by atoms with Crippen LogP contribution in [0.4, 0.5) is 5.69 Å². The van der Waals surface area contributed by atoms with Crippen LogP contribution in [-0.2, 0) is 14.4 Å². The normalized spacial score (nSPS) is 17.2. The van der Waals surface area contributed by atoms with Gasteiger partial charge < -0.3 is 9.84 Å². The molecule has 0 aliphatic carbocycles. The number of rotatable bonds is 4. The molecule has 1 unspecified atom stereocenters. The Morgan fingerprint density at radius 3 is 2.32 bits per heavy atom. The van der Waals surface area contributed by atoms with Crippen LogP contribution >= 0.6 is 11.6 Å². The number of nitrogens with zero attached hydrogens (tertiary/aromatic N) is 1. The lowest BCUT2D eigenvalue weighted by Gasteiger charge is -2.26. The average Bonchev–Trinajstić information content (AvgIpc) is 3.06. The fraction of sp³-hybridized carbons (Fsp3) is 0.148. The van der Waals surface area contributed by atoms with E-state index in [1.165, 1.54) is 11.8 Å². The zero-order chi connectivity index (χ0) is 24.6. The molecule has 7 heteroatoms. The molecule has 1 aliphatic heterocycles. The number of aryl methyl sites for hydroxylation is 2. The van der Waals surface area contributed by atoms with Crippen LogP contribution in [0.1, 0.15) is 35.2 Å². The second-order valence-electron chi connectivity index (χ2n) is 8.11. The molecule has 3 aromatic carbocycles. The molecule has 6 nitrogen and oxygen atoms in total. The summed E-state index contributed by atoms with van der Waals surface area (Å²) in [6, 6.07) is 17.4. The lowest BCUT2D eigenvalue weighted by atomic mass is 9.95. The highest BCUT2D eigenvalue weighted by Crippen LogP contribution is 2.43. The fourth-order valence-electron chi connectivity index (χ4n) is 3.97. The monoisotopic (exact) mass is 475 g/mol. The van der Waals surface area contributed by atoms with Gasteiger partial charge in [0.1, 0.15) is 11.5 Å². The summed E-state index contributed by atoms with van der Waals surface area (Å²) in [5, 5.41) is 11.6. The van der Waals surface area contributed by atoms with Crippen molar-refractivity contribution in [2.24, 2.45) is 0 Å². The molecule has 1 aliphatic rings. The Balaban J connectivity index is 1.95. The van der Waals surface area contributed by atoms with Gasteiger partial charge in [-0.1, -0.05) is 29.8 Å². The van der Waals surface area contributed by atoms with Crippen molar-refractivity contribution >= 4 is 40.7 Å². The van der Waals surface area contributed by atoms with Crippen LogP contribution < -0.4 is 9.64 Å². The number of anilines is 1. The zero-order valence-corrected chi connectivity index (χ0v) is 19.6. The van der Waals surface area contributed by atoms with Crippen LogP contribution in [0, 0.1) is 13.8 Å². The highest BCUT2D eigenvalue weighted by molar-refractivity contribution is 6.51. The molecular weight excluding hydrogens is 454 g/mol. The highest BCUT2D eigenvalue weighted by atomic mass is 35.5. The number of benzene rings is 3. The minimum atomic E-state index is -0.937. The number of ether oxygens (including phenoxy) is 1. The maximum absolute atomic E-state index is 13.3. The second-order valence-corrected chi connectivity index (χ2v) is 8.55. The van der Waals surface area contributed by atoms with Crippen molar-refractivity contribution in [3.8, 4) is 5.75 Å². The Morgan fingerprint density at radius 2 is 1.68 bits per heavy atom. The molecular formula is C27H22ClNO5. The van der Waals surface area contributed by atoms with Gasteiger partial charge in [0.2, 0.25) is 0 Å². The summed E-state index contributed by atoms with van der Waals surface area (Å²) >= 11 is 5.97. The van der Waals surface area contributed by atoms with Crippen LogP contribution in [0.3, 0.4) is 0 Å². The molecule has 1 atom stereocenters. The first-order valence-electron chi connectivity index (χ1n) is 10.6. The Hall–Kier alpha value is -3.90. The van der Waals surface area contributed by atoms with E-state index in [2.05, 4.69) is 0 Å². The minimum absolute atomic E-state index is 0.0643. The molecule has 0 aromatic heterocycles. The third-order valence-electron chi connectivity index (χ3n) is 5.77. The van der Waals surface area contributed by atoms with Gasteiger partial charge in [0, 0.05) is 23.2 Å². The fourth-order valence-corrected chi connectivity index (χ4v) is 4.09. The first-order valence-corrected chi connectivity index (χ1v) is 11.0. The Kier molecular flexibility index (Phi) is 6.26. The van der Waals surface area contributed by atoms with Gasteiger partial charge in [-0.2, -0.15) is 0 Å². The smallest absolute Gasteiger partial charge is 0.308 e. The number of aliphatic hydroxyl groups excluding tert-OH is 1. The van der Waals surface area contributed by atoms with Crippen LogP contribution in [0.15, 0.2) is 72.3 Å². The van der Waals surface area contributed by atoms with Gasteiger partial charge in [-0.3, -0.25) is 19.3 Å². The maximum atomic E-state index is 13.3. The SMILES string of the molecule is CC(=O)Oc1cccc(C2/C(=C(\O)c3ccc(Cl)cc3)C(=O)C(=O)N2c2ccc(C)c(C)c2)c1. The summed E-state index contributed by atoms with van der Waals surface area (Å²) in [4.78, 5) is 39.4. The number of ketones is 1. The summed E-state index contributed by atoms with van der Waals surface area (Å²) in [7, 11) is 0. The topological polar surface area (TPSA) is 83.9 Å². The van der Waals surface area contributed by atoms with E-state index < -0.39 is 23.7 Å². The molecule has 1 fully saturated rings. The quantitative estimate of drug-likeness (QED) is 0.177. The maximum Gasteiger partial charge on any atom is 0.308 e. The van der Waals surface area contributed by atoms with Crippen molar-refractivity contribution in [2.45, 2.75) is 26.8 Å². The number of carbonyl (C=O) groups excluding carboxylic acids is 3. The number of carbonyl (C=O) groups is 3. The molecule has 1 heterocycles. The zero-order valence-electron chi connectivity index (χ0n) is 18.8. The first kappa shape index (κ1) is 23.3. The molecule has 3 aromatic rings. The lowest BCUT2D eigenvalue weighted by Crippen LogP contribution is -2.29. The number of hydrogen-bond acceptors (Lipinski definition) is 5. The van der Waals surface area contributed by atoms with Crippen molar-refractivity contribution in [1.29, 1.82) is 0 Å². The van der Waals surface area contributed by atoms with E-state index in [4.69, 9.17) is 16.3 Å².